The van der Waals surface area contributed by atoms with Gasteiger partial charge in [0.15, 0.2) is 6.10 Å². The number of rotatable bonds is 5. The summed E-state index contributed by atoms with van der Waals surface area (Å²) in [5.41, 5.74) is 0.793. The number of hydrogen-bond acceptors (Lipinski definition) is 3. The monoisotopic (exact) mass is 242 g/mol. The largest absolute Gasteiger partial charge is 0.459 e. The highest BCUT2D eigenvalue weighted by Crippen LogP contribution is 2.16. The topological polar surface area (TPSA) is 35.5 Å². The van der Waals surface area contributed by atoms with E-state index in [0.717, 1.165) is 5.56 Å². The number of halogens is 1. The van der Waals surface area contributed by atoms with Gasteiger partial charge in [0.25, 0.3) is 0 Å². The molecule has 0 aliphatic carbocycles. The fourth-order valence-corrected chi connectivity index (χ4v) is 1.39. The Morgan fingerprint density at radius 2 is 2.12 bits per heavy atom. The molecule has 0 aliphatic rings. The van der Waals surface area contributed by atoms with Gasteiger partial charge in [0.1, 0.15) is 6.61 Å². The van der Waals surface area contributed by atoms with Crippen LogP contribution in [0.1, 0.15) is 19.4 Å². The Morgan fingerprint density at radius 3 is 2.75 bits per heavy atom. The van der Waals surface area contributed by atoms with E-state index in [1.807, 2.05) is 25.1 Å². The Labute approximate surface area is 100 Å². The van der Waals surface area contributed by atoms with Crippen LogP contribution in [0.3, 0.4) is 0 Å². The summed E-state index contributed by atoms with van der Waals surface area (Å²) in [6.45, 7) is 4.16. The number of carbonyl (C=O) groups excluding carboxylic acids is 1. The number of hydrogen-bond donors (Lipinski definition) is 0. The lowest BCUT2D eigenvalue weighted by Gasteiger charge is -2.11. The van der Waals surface area contributed by atoms with Crippen molar-refractivity contribution in [3.8, 4) is 0 Å². The highest BCUT2D eigenvalue weighted by atomic mass is 35.5. The van der Waals surface area contributed by atoms with Crippen molar-refractivity contribution >= 4 is 17.6 Å². The van der Waals surface area contributed by atoms with Crippen molar-refractivity contribution in [2.45, 2.75) is 26.6 Å². The van der Waals surface area contributed by atoms with Gasteiger partial charge in [-0.15, -0.1) is 0 Å². The van der Waals surface area contributed by atoms with E-state index in [1.165, 1.54) is 0 Å². The molecule has 1 aromatic carbocycles. The van der Waals surface area contributed by atoms with Gasteiger partial charge in [0.2, 0.25) is 0 Å². The Bertz CT molecular complexity index is 352. The second kappa shape index (κ2) is 6.51. The Balaban J connectivity index is 2.46. The Morgan fingerprint density at radius 1 is 1.44 bits per heavy atom. The van der Waals surface area contributed by atoms with Crippen LogP contribution >= 0.6 is 11.6 Å². The molecule has 16 heavy (non-hydrogen) atoms. The lowest BCUT2D eigenvalue weighted by molar-refractivity contribution is -0.157. The molecule has 0 aliphatic heterocycles. The van der Waals surface area contributed by atoms with Crippen LogP contribution in [-0.4, -0.2) is 18.7 Å². The predicted molar refractivity (Wildman–Crippen MR) is 62.3 cm³/mol. The molecule has 0 heterocycles. The van der Waals surface area contributed by atoms with Crippen LogP contribution in [0.4, 0.5) is 0 Å². The molecule has 3 nitrogen and oxygen atoms in total. The van der Waals surface area contributed by atoms with Crippen molar-refractivity contribution in [2.24, 2.45) is 0 Å². The number of ether oxygens (including phenoxy) is 2. The molecule has 0 aromatic heterocycles. The normalized spacial score (nSPS) is 12.2. The van der Waals surface area contributed by atoms with Gasteiger partial charge in [-0.25, -0.2) is 4.79 Å². The first-order valence-corrected chi connectivity index (χ1v) is 5.54. The summed E-state index contributed by atoms with van der Waals surface area (Å²) in [6.07, 6.45) is -0.535. The lowest BCUT2D eigenvalue weighted by atomic mass is 10.2. The van der Waals surface area contributed by atoms with Gasteiger partial charge in [-0.2, -0.15) is 0 Å². The molecule has 88 valence electrons. The molecule has 1 atom stereocenters. The highest BCUT2D eigenvalue weighted by Gasteiger charge is 2.14. The van der Waals surface area contributed by atoms with E-state index in [9.17, 15) is 4.79 Å². The average Bonchev–Trinajstić information content (AvgIpc) is 2.28. The molecule has 0 amide bonds. The summed E-state index contributed by atoms with van der Waals surface area (Å²) in [6, 6.07) is 7.26. The second-order valence-electron chi connectivity index (χ2n) is 3.30. The first kappa shape index (κ1) is 13.0. The third-order valence-electron chi connectivity index (χ3n) is 2.08. The minimum Gasteiger partial charge on any atom is -0.459 e. The number of carbonyl (C=O) groups is 1. The van der Waals surface area contributed by atoms with Crippen molar-refractivity contribution in [1.29, 1.82) is 0 Å². The summed E-state index contributed by atoms with van der Waals surface area (Å²) in [5, 5.41) is 0.597. The maximum Gasteiger partial charge on any atom is 0.335 e. The van der Waals surface area contributed by atoms with Gasteiger partial charge in [-0.3, -0.25) is 0 Å². The maximum atomic E-state index is 11.4. The van der Waals surface area contributed by atoms with Gasteiger partial charge in [0.05, 0.1) is 0 Å². The van der Waals surface area contributed by atoms with Crippen LogP contribution < -0.4 is 0 Å². The van der Waals surface area contributed by atoms with Crippen molar-refractivity contribution in [3.63, 3.8) is 0 Å². The van der Waals surface area contributed by atoms with Crippen LogP contribution in [0.2, 0.25) is 5.02 Å². The Hall–Kier alpha value is -1.06. The smallest absolute Gasteiger partial charge is 0.335 e. The fraction of sp³-hybridized carbons (Fsp3) is 0.417. The van der Waals surface area contributed by atoms with Gasteiger partial charge < -0.3 is 9.47 Å². The molecule has 0 fully saturated rings. The molecule has 1 aromatic rings. The van der Waals surface area contributed by atoms with E-state index in [4.69, 9.17) is 21.1 Å². The molecule has 0 saturated heterocycles. The van der Waals surface area contributed by atoms with Crippen molar-refractivity contribution in [1.82, 2.24) is 0 Å². The third kappa shape index (κ3) is 3.83. The van der Waals surface area contributed by atoms with Crippen LogP contribution in [0.5, 0.6) is 0 Å². The Kier molecular flexibility index (Phi) is 5.29. The number of benzene rings is 1. The molecule has 0 N–H and O–H groups in total. The molecular weight excluding hydrogens is 228 g/mol. The van der Waals surface area contributed by atoms with Gasteiger partial charge in [0, 0.05) is 17.2 Å². The quantitative estimate of drug-likeness (QED) is 0.745. The van der Waals surface area contributed by atoms with Crippen LogP contribution in [-0.2, 0) is 20.9 Å². The molecule has 0 spiro atoms. The average molecular weight is 243 g/mol. The minimum atomic E-state index is -0.535. The van der Waals surface area contributed by atoms with E-state index in [-0.39, 0.29) is 12.6 Å². The zero-order valence-electron chi connectivity index (χ0n) is 9.40. The molecular formula is C12H15ClO3. The van der Waals surface area contributed by atoms with E-state index in [1.54, 1.807) is 13.0 Å². The first-order chi connectivity index (χ1) is 7.65. The predicted octanol–water partition coefficient (Wildman–Crippen LogP) is 2.81. The number of esters is 1. The zero-order valence-corrected chi connectivity index (χ0v) is 10.2. The lowest BCUT2D eigenvalue weighted by Crippen LogP contribution is -2.23. The SMILES string of the molecule is CCOC(C)C(=O)OCc1ccccc1Cl. The van der Waals surface area contributed by atoms with E-state index in [0.29, 0.717) is 11.6 Å². The standard InChI is InChI=1S/C12H15ClO3/c1-3-15-9(2)12(14)16-8-10-6-4-5-7-11(10)13/h4-7,9H,3,8H2,1-2H3. The summed E-state index contributed by atoms with van der Waals surface area (Å²) in [4.78, 5) is 11.4. The van der Waals surface area contributed by atoms with E-state index < -0.39 is 6.10 Å². The third-order valence-corrected chi connectivity index (χ3v) is 2.45. The van der Waals surface area contributed by atoms with Gasteiger partial charge in [-0.05, 0) is 19.9 Å². The minimum absolute atomic E-state index is 0.177. The molecule has 1 unspecified atom stereocenters. The molecule has 0 radical (unpaired) electrons. The van der Waals surface area contributed by atoms with Gasteiger partial charge >= 0.3 is 5.97 Å². The van der Waals surface area contributed by atoms with Crippen molar-refractivity contribution < 1.29 is 14.3 Å². The molecule has 1 rings (SSSR count). The van der Waals surface area contributed by atoms with Gasteiger partial charge in [-0.1, -0.05) is 29.8 Å². The molecule has 0 saturated carbocycles. The van der Waals surface area contributed by atoms with Crippen LogP contribution in [0.15, 0.2) is 24.3 Å². The summed E-state index contributed by atoms with van der Waals surface area (Å²) in [7, 11) is 0. The van der Waals surface area contributed by atoms with Crippen LogP contribution in [0, 0.1) is 0 Å². The first-order valence-electron chi connectivity index (χ1n) is 5.16. The molecule has 0 bridgehead atoms. The van der Waals surface area contributed by atoms with Crippen molar-refractivity contribution in [3.05, 3.63) is 34.9 Å². The van der Waals surface area contributed by atoms with E-state index in [2.05, 4.69) is 0 Å². The van der Waals surface area contributed by atoms with Crippen molar-refractivity contribution in [2.75, 3.05) is 6.61 Å². The summed E-state index contributed by atoms with van der Waals surface area (Å²) >= 11 is 5.93. The summed E-state index contributed by atoms with van der Waals surface area (Å²) < 4.78 is 10.2. The van der Waals surface area contributed by atoms with E-state index >= 15 is 0 Å². The zero-order chi connectivity index (χ0) is 12.0. The second-order valence-corrected chi connectivity index (χ2v) is 3.70. The maximum absolute atomic E-state index is 11.4. The fourth-order valence-electron chi connectivity index (χ4n) is 1.20. The highest BCUT2D eigenvalue weighted by molar-refractivity contribution is 6.31. The van der Waals surface area contributed by atoms with Crippen LogP contribution in [0.25, 0.3) is 0 Å². The molecule has 4 heteroatoms. The summed E-state index contributed by atoms with van der Waals surface area (Å²) in [5.74, 6) is -0.373.